The van der Waals surface area contributed by atoms with Gasteiger partial charge in [-0.05, 0) is 24.0 Å². The minimum atomic E-state index is -0.878. The maximum atomic E-state index is 12.1. The Bertz CT molecular complexity index is 398. The van der Waals surface area contributed by atoms with Gasteiger partial charge in [0.05, 0.1) is 18.9 Å². The molecule has 1 heterocycles. The van der Waals surface area contributed by atoms with Gasteiger partial charge in [0.15, 0.2) is 0 Å². The molecule has 0 saturated heterocycles. The Balaban J connectivity index is 2.47. The number of carbonyl (C=O) groups excluding carboxylic acids is 1. The van der Waals surface area contributed by atoms with Crippen LogP contribution in [0.4, 0.5) is 0 Å². The third kappa shape index (κ3) is 6.08. The van der Waals surface area contributed by atoms with Crippen LogP contribution in [0, 0.1) is 5.92 Å². The summed E-state index contributed by atoms with van der Waals surface area (Å²) in [5.41, 5.74) is 0.982. The van der Waals surface area contributed by atoms with E-state index in [-0.39, 0.29) is 18.9 Å². The molecule has 0 unspecified atom stereocenters. The van der Waals surface area contributed by atoms with E-state index >= 15 is 0 Å². The third-order valence-electron chi connectivity index (χ3n) is 2.74. The Morgan fingerprint density at radius 3 is 2.63 bits per heavy atom. The zero-order valence-corrected chi connectivity index (χ0v) is 11.5. The summed E-state index contributed by atoms with van der Waals surface area (Å²) in [6.45, 7) is 4.89. The van der Waals surface area contributed by atoms with Gasteiger partial charge in [0.25, 0.3) is 0 Å². The van der Waals surface area contributed by atoms with E-state index in [1.165, 1.54) is 0 Å². The van der Waals surface area contributed by atoms with Crippen molar-refractivity contribution in [3.8, 4) is 0 Å². The maximum absolute atomic E-state index is 12.1. The van der Waals surface area contributed by atoms with Crippen LogP contribution in [0.25, 0.3) is 0 Å². The van der Waals surface area contributed by atoms with Crippen molar-refractivity contribution in [1.29, 1.82) is 0 Å². The van der Waals surface area contributed by atoms with Crippen LogP contribution in [0.2, 0.25) is 0 Å². The SMILES string of the molecule is CC(C)CN(CCC(=O)O)C(=O)CCc1ccoc1. The normalized spacial score (nSPS) is 10.7. The summed E-state index contributed by atoms with van der Waals surface area (Å²) in [4.78, 5) is 24.3. The quantitative estimate of drug-likeness (QED) is 0.783. The molecule has 0 spiro atoms. The second-order valence-electron chi connectivity index (χ2n) is 5.01. The summed E-state index contributed by atoms with van der Waals surface area (Å²) < 4.78 is 4.95. The summed E-state index contributed by atoms with van der Waals surface area (Å²) in [5.74, 6) is -0.556. The predicted molar refractivity (Wildman–Crippen MR) is 70.7 cm³/mol. The Labute approximate surface area is 113 Å². The van der Waals surface area contributed by atoms with Crippen LogP contribution in [0.1, 0.15) is 32.3 Å². The molecule has 0 fully saturated rings. The van der Waals surface area contributed by atoms with Crippen LogP contribution >= 0.6 is 0 Å². The Hall–Kier alpha value is -1.78. The van der Waals surface area contributed by atoms with Crippen LogP contribution in [0.3, 0.4) is 0 Å². The molecule has 0 aliphatic heterocycles. The smallest absolute Gasteiger partial charge is 0.305 e. The fourth-order valence-corrected chi connectivity index (χ4v) is 1.83. The summed E-state index contributed by atoms with van der Waals surface area (Å²) >= 11 is 0. The van der Waals surface area contributed by atoms with Crippen molar-refractivity contribution in [1.82, 2.24) is 4.90 Å². The van der Waals surface area contributed by atoms with Gasteiger partial charge in [-0.1, -0.05) is 13.8 Å². The molecule has 1 aromatic rings. The van der Waals surface area contributed by atoms with Crippen molar-refractivity contribution < 1.29 is 19.1 Å². The molecule has 5 nitrogen and oxygen atoms in total. The average Bonchev–Trinajstić information content (AvgIpc) is 2.83. The molecular formula is C14H21NO4. The molecular weight excluding hydrogens is 246 g/mol. The number of furan rings is 1. The van der Waals surface area contributed by atoms with Gasteiger partial charge >= 0.3 is 5.97 Å². The number of carbonyl (C=O) groups is 2. The number of aliphatic carboxylic acids is 1. The molecule has 0 aliphatic rings. The van der Waals surface area contributed by atoms with Gasteiger partial charge in [-0.15, -0.1) is 0 Å². The first kappa shape index (κ1) is 15.3. The number of amides is 1. The topological polar surface area (TPSA) is 70.8 Å². The van der Waals surface area contributed by atoms with Crippen molar-refractivity contribution in [2.24, 2.45) is 5.92 Å². The van der Waals surface area contributed by atoms with Gasteiger partial charge in [0.2, 0.25) is 5.91 Å². The second kappa shape index (κ2) is 7.61. The van der Waals surface area contributed by atoms with Gasteiger partial charge in [0.1, 0.15) is 0 Å². The molecule has 0 aliphatic carbocycles. The minimum absolute atomic E-state index is 0.00356. The second-order valence-corrected chi connectivity index (χ2v) is 5.01. The molecule has 1 rings (SSSR count). The molecule has 1 N–H and O–H groups in total. The third-order valence-corrected chi connectivity index (χ3v) is 2.74. The van der Waals surface area contributed by atoms with E-state index < -0.39 is 5.97 Å². The average molecular weight is 267 g/mol. The fraction of sp³-hybridized carbons (Fsp3) is 0.571. The summed E-state index contributed by atoms with van der Waals surface area (Å²) in [7, 11) is 0. The van der Waals surface area contributed by atoms with E-state index in [0.29, 0.717) is 25.3 Å². The molecule has 0 radical (unpaired) electrons. The lowest BCUT2D eigenvalue weighted by Gasteiger charge is -2.24. The summed E-state index contributed by atoms with van der Waals surface area (Å²) in [6, 6.07) is 1.83. The molecule has 0 aromatic carbocycles. The number of rotatable bonds is 8. The van der Waals surface area contributed by atoms with Crippen molar-refractivity contribution >= 4 is 11.9 Å². The molecule has 106 valence electrons. The standard InChI is InChI=1S/C14H21NO4/c1-11(2)9-15(7-5-14(17)18)13(16)4-3-12-6-8-19-10-12/h6,8,10-11H,3-5,7,9H2,1-2H3,(H,17,18). The summed E-state index contributed by atoms with van der Waals surface area (Å²) in [5, 5.41) is 8.71. The van der Waals surface area contributed by atoms with Crippen molar-refractivity contribution in [2.45, 2.75) is 33.1 Å². The highest BCUT2D eigenvalue weighted by atomic mass is 16.4. The lowest BCUT2D eigenvalue weighted by atomic mass is 10.1. The molecule has 1 amide bonds. The van der Waals surface area contributed by atoms with Gasteiger partial charge in [-0.25, -0.2) is 0 Å². The highest BCUT2D eigenvalue weighted by molar-refractivity contribution is 5.77. The first-order valence-electron chi connectivity index (χ1n) is 6.49. The van der Waals surface area contributed by atoms with Crippen LogP contribution in [-0.4, -0.2) is 35.0 Å². The van der Waals surface area contributed by atoms with Crippen molar-refractivity contribution in [2.75, 3.05) is 13.1 Å². The zero-order valence-electron chi connectivity index (χ0n) is 11.5. The first-order valence-corrected chi connectivity index (χ1v) is 6.49. The van der Waals surface area contributed by atoms with Crippen LogP contribution in [0.5, 0.6) is 0 Å². The molecule has 0 bridgehead atoms. The first-order chi connectivity index (χ1) is 8.99. The van der Waals surface area contributed by atoms with Crippen molar-refractivity contribution in [3.63, 3.8) is 0 Å². The molecule has 0 saturated carbocycles. The van der Waals surface area contributed by atoms with Crippen molar-refractivity contribution in [3.05, 3.63) is 24.2 Å². The Morgan fingerprint density at radius 2 is 2.11 bits per heavy atom. The predicted octanol–water partition coefficient (Wildman–Crippen LogP) is 2.17. The number of nitrogens with zero attached hydrogens (tertiary/aromatic N) is 1. The highest BCUT2D eigenvalue weighted by Crippen LogP contribution is 2.08. The van der Waals surface area contributed by atoms with E-state index in [4.69, 9.17) is 9.52 Å². The van der Waals surface area contributed by atoms with Gasteiger partial charge in [0, 0.05) is 19.5 Å². The van der Waals surface area contributed by atoms with Gasteiger partial charge in [-0.2, -0.15) is 0 Å². The van der Waals surface area contributed by atoms with E-state index in [0.717, 1.165) is 5.56 Å². The highest BCUT2D eigenvalue weighted by Gasteiger charge is 2.16. The zero-order chi connectivity index (χ0) is 14.3. The van der Waals surface area contributed by atoms with E-state index in [1.54, 1.807) is 17.4 Å². The molecule has 5 heteroatoms. The number of hydrogen-bond acceptors (Lipinski definition) is 3. The lowest BCUT2D eigenvalue weighted by molar-refractivity contribution is -0.138. The number of carboxylic acid groups (broad SMARTS) is 1. The minimum Gasteiger partial charge on any atom is -0.481 e. The van der Waals surface area contributed by atoms with Gasteiger partial charge in [-0.3, -0.25) is 9.59 Å². The number of hydrogen-bond donors (Lipinski definition) is 1. The van der Waals surface area contributed by atoms with Gasteiger partial charge < -0.3 is 14.4 Å². The Morgan fingerprint density at radius 1 is 1.37 bits per heavy atom. The monoisotopic (exact) mass is 267 g/mol. The fourth-order valence-electron chi connectivity index (χ4n) is 1.83. The molecule has 19 heavy (non-hydrogen) atoms. The van der Waals surface area contributed by atoms with E-state index in [9.17, 15) is 9.59 Å². The van der Waals surface area contributed by atoms with Crippen LogP contribution in [-0.2, 0) is 16.0 Å². The van der Waals surface area contributed by atoms with E-state index in [1.807, 2.05) is 19.9 Å². The van der Waals surface area contributed by atoms with E-state index in [2.05, 4.69) is 0 Å². The molecule has 1 aromatic heterocycles. The largest absolute Gasteiger partial charge is 0.481 e. The van der Waals surface area contributed by atoms with Crippen LogP contribution < -0.4 is 0 Å². The molecule has 0 atom stereocenters. The Kier molecular flexibility index (Phi) is 6.12. The number of carboxylic acids is 1. The van der Waals surface area contributed by atoms with Crippen LogP contribution in [0.15, 0.2) is 23.0 Å². The summed E-state index contributed by atoms with van der Waals surface area (Å²) in [6.07, 6.45) is 4.19. The maximum Gasteiger partial charge on any atom is 0.305 e. The number of aryl methyl sites for hydroxylation is 1. The lowest BCUT2D eigenvalue weighted by Crippen LogP contribution is -2.36.